The third kappa shape index (κ3) is 4.20. The molecule has 0 N–H and O–H groups in total. The molecule has 3 rings (SSSR count). The van der Waals surface area contributed by atoms with E-state index < -0.39 is 10.0 Å². The highest BCUT2D eigenvalue weighted by molar-refractivity contribution is 7.89. The number of ketones is 1. The molecule has 0 spiro atoms. The van der Waals surface area contributed by atoms with Crippen molar-refractivity contribution in [2.75, 3.05) is 26.2 Å². The molecule has 138 valence electrons. The topological polar surface area (TPSA) is 57.7 Å². The van der Waals surface area contributed by atoms with Gasteiger partial charge in [0.05, 0.1) is 4.90 Å². The van der Waals surface area contributed by atoms with Crippen LogP contribution in [0.4, 0.5) is 0 Å². The van der Waals surface area contributed by atoms with Crippen LogP contribution in [0.3, 0.4) is 0 Å². The first kappa shape index (κ1) is 18.8. The predicted octanol–water partition coefficient (Wildman–Crippen LogP) is 2.70. The van der Waals surface area contributed by atoms with Gasteiger partial charge >= 0.3 is 0 Å². The zero-order valence-corrected chi connectivity index (χ0v) is 16.0. The molecule has 0 saturated carbocycles. The Morgan fingerprint density at radius 2 is 1.69 bits per heavy atom. The van der Waals surface area contributed by atoms with Gasteiger partial charge in [-0.05, 0) is 31.5 Å². The van der Waals surface area contributed by atoms with Gasteiger partial charge in [0.15, 0.2) is 5.78 Å². The highest BCUT2D eigenvalue weighted by atomic mass is 32.2. The van der Waals surface area contributed by atoms with E-state index in [1.54, 1.807) is 18.2 Å². The normalized spacial score (nSPS) is 16.5. The van der Waals surface area contributed by atoms with E-state index in [1.807, 2.05) is 6.07 Å². The molecule has 1 aliphatic rings. The molecule has 1 saturated heterocycles. The van der Waals surface area contributed by atoms with E-state index in [2.05, 4.69) is 30.0 Å². The number of Topliss-reactive ketones (excluding diaryl/α,β-unsaturated/α-hetero) is 1. The first-order chi connectivity index (χ1) is 12.4. The molecule has 0 amide bonds. The van der Waals surface area contributed by atoms with E-state index in [-0.39, 0.29) is 10.7 Å². The van der Waals surface area contributed by atoms with Gasteiger partial charge in [-0.3, -0.25) is 9.69 Å². The molecule has 26 heavy (non-hydrogen) atoms. The Balaban J connectivity index is 1.67. The first-order valence-corrected chi connectivity index (χ1v) is 10.2. The molecule has 1 aliphatic heterocycles. The standard InChI is InChI=1S/C20H24N2O3S/c1-16-5-3-6-18(13-16)15-21-9-11-22(12-10-21)26(24,25)20-8-4-7-19(14-20)17(2)23/h3-8,13-14H,9-12,15H2,1-2H3. The zero-order valence-electron chi connectivity index (χ0n) is 15.2. The monoisotopic (exact) mass is 372 g/mol. The van der Waals surface area contributed by atoms with Crippen LogP contribution in [0.15, 0.2) is 53.4 Å². The Labute approximate surface area is 155 Å². The summed E-state index contributed by atoms with van der Waals surface area (Å²) >= 11 is 0. The zero-order chi connectivity index (χ0) is 18.7. The number of hydrogen-bond donors (Lipinski definition) is 0. The first-order valence-electron chi connectivity index (χ1n) is 8.75. The van der Waals surface area contributed by atoms with Gasteiger partial charge in [-0.25, -0.2) is 8.42 Å². The van der Waals surface area contributed by atoms with E-state index in [0.717, 1.165) is 6.54 Å². The molecule has 0 unspecified atom stereocenters. The number of benzene rings is 2. The van der Waals surface area contributed by atoms with Crippen molar-refractivity contribution in [3.8, 4) is 0 Å². The molecule has 2 aromatic rings. The maximum atomic E-state index is 12.9. The molecule has 0 aromatic heterocycles. The van der Waals surface area contributed by atoms with Crippen molar-refractivity contribution in [1.29, 1.82) is 0 Å². The Kier molecular flexibility index (Phi) is 5.55. The molecule has 0 atom stereocenters. The summed E-state index contributed by atoms with van der Waals surface area (Å²) in [6.07, 6.45) is 0. The van der Waals surface area contributed by atoms with Gasteiger partial charge in [0, 0.05) is 38.3 Å². The SMILES string of the molecule is CC(=O)c1cccc(S(=O)(=O)N2CCN(Cc3cccc(C)c3)CC2)c1. The summed E-state index contributed by atoms with van der Waals surface area (Å²) in [4.78, 5) is 14.0. The number of nitrogens with zero attached hydrogens (tertiary/aromatic N) is 2. The van der Waals surface area contributed by atoms with Gasteiger partial charge in [-0.2, -0.15) is 4.31 Å². The molecule has 0 aliphatic carbocycles. The molecular weight excluding hydrogens is 348 g/mol. The fraction of sp³-hybridized carbons (Fsp3) is 0.350. The van der Waals surface area contributed by atoms with E-state index in [0.29, 0.717) is 31.7 Å². The maximum absolute atomic E-state index is 12.9. The van der Waals surface area contributed by atoms with E-state index in [4.69, 9.17) is 0 Å². The van der Waals surface area contributed by atoms with Crippen LogP contribution >= 0.6 is 0 Å². The second-order valence-corrected chi connectivity index (χ2v) is 8.69. The minimum Gasteiger partial charge on any atom is -0.296 e. The van der Waals surface area contributed by atoms with Gasteiger partial charge in [0.25, 0.3) is 0 Å². The van der Waals surface area contributed by atoms with Crippen LogP contribution in [0.2, 0.25) is 0 Å². The van der Waals surface area contributed by atoms with E-state index >= 15 is 0 Å². The van der Waals surface area contributed by atoms with Crippen molar-refractivity contribution in [2.45, 2.75) is 25.3 Å². The van der Waals surface area contributed by atoms with Crippen molar-refractivity contribution < 1.29 is 13.2 Å². The molecule has 1 heterocycles. The summed E-state index contributed by atoms with van der Waals surface area (Å²) < 4.78 is 27.2. The molecule has 6 heteroatoms. The molecule has 0 bridgehead atoms. The molecule has 1 fully saturated rings. The van der Waals surface area contributed by atoms with Gasteiger partial charge in [-0.1, -0.05) is 42.0 Å². The highest BCUT2D eigenvalue weighted by Crippen LogP contribution is 2.20. The number of hydrogen-bond acceptors (Lipinski definition) is 4. The van der Waals surface area contributed by atoms with E-state index in [9.17, 15) is 13.2 Å². The van der Waals surface area contributed by atoms with Crippen LogP contribution in [0, 0.1) is 6.92 Å². The Morgan fingerprint density at radius 1 is 1.00 bits per heavy atom. The fourth-order valence-corrected chi connectivity index (χ4v) is 4.69. The second kappa shape index (κ2) is 7.70. The second-order valence-electron chi connectivity index (χ2n) is 6.75. The molecule has 2 aromatic carbocycles. The van der Waals surface area contributed by atoms with Crippen LogP contribution in [0.1, 0.15) is 28.4 Å². The number of carbonyl (C=O) groups excluding carboxylic acids is 1. The van der Waals surface area contributed by atoms with Crippen LogP contribution in [-0.4, -0.2) is 49.6 Å². The van der Waals surface area contributed by atoms with Crippen LogP contribution in [0.25, 0.3) is 0 Å². The Bertz CT molecular complexity index is 901. The lowest BCUT2D eigenvalue weighted by molar-refractivity contribution is 0.101. The maximum Gasteiger partial charge on any atom is 0.243 e. The van der Waals surface area contributed by atoms with Gasteiger partial charge in [0.2, 0.25) is 10.0 Å². The summed E-state index contributed by atoms with van der Waals surface area (Å²) in [6.45, 7) is 6.64. The lowest BCUT2D eigenvalue weighted by Gasteiger charge is -2.34. The van der Waals surface area contributed by atoms with Crippen molar-refractivity contribution in [2.24, 2.45) is 0 Å². The van der Waals surface area contributed by atoms with Crippen LogP contribution < -0.4 is 0 Å². The van der Waals surface area contributed by atoms with Crippen molar-refractivity contribution in [3.63, 3.8) is 0 Å². The summed E-state index contributed by atoms with van der Waals surface area (Å²) in [7, 11) is -3.57. The molecule has 5 nitrogen and oxygen atoms in total. The summed E-state index contributed by atoms with van der Waals surface area (Å²) in [5.74, 6) is -0.134. The largest absolute Gasteiger partial charge is 0.296 e. The van der Waals surface area contributed by atoms with Crippen molar-refractivity contribution in [1.82, 2.24) is 9.21 Å². The van der Waals surface area contributed by atoms with Crippen molar-refractivity contribution in [3.05, 3.63) is 65.2 Å². The van der Waals surface area contributed by atoms with Gasteiger partial charge < -0.3 is 0 Å². The molecular formula is C20H24N2O3S. The van der Waals surface area contributed by atoms with Crippen LogP contribution in [-0.2, 0) is 16.6 Å². The number of aryl methyl sites for hydroxylation is 1. The smallest absolute Gasteiger partial charge is 0.243 e. The third-order valence-electron chi connectivity index (χ3n) is 4.70. The van der Waals surface area contributed by atoms with E-state index in [1.165, 1.54) is 28.4 Å². The number of sulfonamides is 1. The quantitative estimate of drug-likeness (QED) is 0.757. The third-order valence-corrected chi connectivity index (χ3v) is 6.59. The minimum atomic E-state index is -3.57. The summed E-state index contributed by atoms with van der Waals surface area (Å²) in [6, 6.07) is 14.7. The highest BCUT2D eigenvalue weighted by Gasteiger charge is 2.28. The Hall–Kier alpha value is -2.02. The lowest BCUT2D eigenvalue weighted by Crippen LogP contribution is -2.48. The fourth-order valence-electron chi connectivity index (χ4n) is 3.22. The minimum absolute atomic E-state index is 0.134. The molecule has 0 radical (unpaired) electrons. The average Bonchev–Trinajstić information content (AvgIpc) is 2.62. The number of carbonyl (C=O) groups is 1. The Morgan fingerprint density at radius 3 is 2.35 bits per heavy atom. The lowest BCUT2D eigenvalue weighted by atomic mass is 10.1. The summed E-state index contributed by atoms with van der Waals surface area (Å²) in [5.41, 5.74) is 2.90. The van der Waals surface area contributed by atoms with Gasteiger partial charge in [-0.15, -0.1) is 0 Å². The predicted molar refractivity (Wildman–Crippen MR) is 102 cm³/mol. The average molecular weight is 372 g/mol. The van der Waals surface area contributed by atoms with Crippen LogP contribution in [0.5, 0.6) is 0 Å². The summed E-state index contributed by atoms with van der Waals surface area (Å²) in [5, 5.41) is 0. The number of rotatable bonds is 5. The number of piperazine rings is 1. The van der Waals surface area contributed by atoms with Gasteiger partial charge in [0.1, 0.15) is 0 Å². The van der Waals surface area contributed by atoms with Crippen molar-refractivity contribution >= 4 is 15.8 Å².